The molecule has 0 aliphatic rings. The molecule has 3 aromatic rings. The predicted octanol–water partition coefficient (Wildman–Crippen LogP) is 4.15. The molecule has 0 aliphatic carbocycles. The summed E-state index contributed by atoms with van der Waals surface area (Å²) in [4.78, 5) is 28.6. The van der Waals surface area contributed by atoms with E-state index in [0.29, 0.717) is 26.1 Å². The third-order valence-electron chi connectivity index (χ3n) is 5.21. The Morgan fingerprint density at radius 2 is 1.41 bits per heavy atom. The van der Waals surface area contributed by atoms with Gasteiger partial charge in [0.1, 0.15) is 6.04 Å². The lowest BCUT2D eigenvalue weighted by Gasteiger charge is -2.32. The highest BCUT2D eigenvalue weighted by atomic mass is 16.5. The Kier molecular flexibility index (Phi) is 9.02. The van der Waals surface area contributed by atoms with Gasteiger partial charge in [0, 0.05) is 26.8 Å². The fourth-order valence-corrected chi connectivity index (χ4v) is 3.61. The highest BCUT2D eigenvalue weighted by molar-refractivity contribution is 5.89. The van der Waals surface area contributed by atoms with Crippen LogP contribution in [-0.2, 0) is 27.3 Å². The van der Waals surface area contributed by atoms with Crippen molar-refractivity contribution in [2.24, 2.45) is 0 Å². The number of amides is 2. The summed E-state index contributed by atoms with van der Waals surface area (Å²) in [5.74, 6) is -0.286. The lowest BCUT2D eigenvalue weighted by Crippen LogP contribution is -2.44. The molecule has 0 aromatic heterocycles. The molecule has 0 aliphatic heterocycles. The predicted molar refractivity (Wildman–Crippen MR) is 126 cm³/mol. The number of hydrogen-bond acceptors (Lipinski definition) is 3. The fourth-order valence-electron chi connectivity index (χ4n) is 3.61. The van der Waals surface area contributed by atoms with Gasteiger partial charge < -0.3 is 15.0 Å². The van der Waals surface area contributed by atoms with Gasteiger partial charge in [0.15, 0.2) is 0 Å². The van der Waals surface area contributed by atoms with Crippen molar-refractivity contribution >= 4 is 11.8 Å². The first kappa shape index (κ1) is 23.2. The molecule has 0 heterocycles. The minimum Gasteiger partial charge on any atom is -0.385 e. The molecule has 3 aromatic carbocycles. The molecule has 32 heavy (non-hydrogen) atoms. The standard InChI is InChI=1S/C27H30N2O3/c1-32-19-11-18-28-27(31)26(24-16-9-4-10-17-24)29(21-23-14-7-3-8-15-23)25(30)20-22-12-5-2-6-13-22/h2-10,12-17,26H,11,18-21H2,1H3,(H,28,31). The molecule has 0 fully saturated rings. The summed E-state index contributed by atoms with van der Waals surface area (Å²) < 4.78 is 5.08. The molecule has 1 N–H and O–H groups in total. The van der Waals surface area contributed by atoms with Crippen LogP contribution in [0.1, 0.15) is 29.2 Å². The molecule has 0 spiro atoms. The number of nitrogens with zero attached hydrogens (tertiary/aromatic N) is 1. The molecule has 1 atom stereocenters. The maximum absolute atomic E-state index is 13.5. The van der Waals surface area contributed by atoms with E-state index in [4.69, 9.17) is 4.74 Å². The molecule has 166 valence electrons. The van der Waals surface area contributed by atoms with E-state index < -0.39 is 6.04 Å². The number of rotatable bonds is 11. The molecular formula is C27H30N2O3. The molecule has 0 saturated carbocycles. The van der Waals surface area contributed by atoms with E-state index in [9.17, 15) is 9.59 Å². The van der Waals surface area contributed by atoms with E-state index >= 15 is 0 Å². The van der Waals surface area contributed by atoms with Gasteiger partial charge in [-0.1, -0.05) is 91.0 Å². The highest BCUT2D eigenvalue weighted by Gasteiger charge is 2.31. The minimum absolute atomic E-state index is 0.0963. The van der Waals surface area contributed by atoms with Crippen molar-refractivity contribution < 1.29 is 14.3 Å². The van der Waals surface area contributed by atoms with E-state index in [2.05, 4.69) is 5.32 Å². The van der Waals surface area contributed by atoms with E-state index in [-0.39, 0.29) is 18.2 Å². The summed E-state index contributed by atoms with van der Waals surface area (Å²) in [6.07, 6.45) is 0.939. The van der Waals surface area contributed by atoms with Crippen molar-refractivity contribution in [3.8, 4) is 0 Å². The highest BCUT2D eigenvalue weighted by Crippen LogP contribution is 2.25. The molecule has 2 amide bonds. The van der Waals surface area contributed by atoms with Crippen LogP contribution in [0.4, 0.5) is 0 Å². The summed E-state index contributed by atoms with van der Waals surface area (Å²) in [5.41, 5.74) is 2.68. The lowest BCUT2D eigenvalue weighted by molar-refractivity contribution is -0.141. The number of methoxy groups -OCH3 is 1. The summed E-state index contributed by atoms with van der Waals surface area (Å²) >= 11 is 0. The van der Waals surface area contributed by atoms with Crippen LogP contribution in [0.3, 0.4) is 0 Å². The van der Waals surface area contributed by atoms with Crippen LogP contribution in [0, 0.1) is 0 Å². The molecule has 0 saturated heterocycles. The van der Waals surface area contributed by atoms with Gasteiger partial charge in [0.05, 0.1) is 6.42 Å². The zero-order chi connectivity index (χ0) is 22.6. The average Bonchev–Trinajstić information content (AvgIpc) is 2.83. The quantitative estimate of drug-likeness (QED) is 0.465. The topological polar surface area (TPSA) is 58.6 Å². The SMILES string of the molecule is COCCCNC(=O)C(c1ccccc1)N(Cc1ccccc1)C(=O)Cc1ccccc1. The van der Waals surface area contributed by atoms with Gasteiger partial charge in [-0.05, 0) is 23.1 Å². The van der Waals surface area contributed by atoms with Crippen molar-refractivity contribution in [3.63, 3.8) is 0 Å². The maximum atomic E-state index is 13.5. The Hall–Kier alpha value is -3.44. The molecular weight excluding hydrogens is 400 g/mol. The summed E-state index contributed by atoms with van der Waals surface area (Å²) in [6, 6.07) is 28.2. The van der Waals surface area contributed by atoms with Crippen molar-refractivity contribution in [1.29, 1.82) is 0 Å². The Balaban J connectivity index is 1.91. The molecule has 5 heteroatoms. The van der Waals surface area contributed by atoms with Gasteiger partial charge in [-0.15, -0.1) is 0 Å². The van der Waals surface area contributed by atoms with E-state index in [0.717, 1.165) is 16.7 Å². The van der Waals surface area contributed by atoms with E-state index in [1.807, 2.05) is 91.0 Å². The van der Waals surface area contributed by atoms with Crippen LogP contribution >= 0.6 is 0 Å². The zero-order valence-corrected chi connectivity index (χ0v) is 18.4. The van der Waals surface area contributed by atoms with Crippen LogP contribution in [-0.4, -0.2) is 37.0 Å². The van der Waals surface area contributed by atoms with Gasteiger partial charge in [-0.3, -0.25) is 9.59 Å². The third-order valence-corrected chi connectivity index (χ3v) is 5.21. The Bertz CT molecular complexity index is 962. The largest absolute Gasteiger partial charge is 0.385 e. The third kappa shape index (κ3) is 6.79. The van der Waals surface area contributed by atoms with Crippen LogP contribution in [0.25, 0.3) is 0 Å². The second kappa shape index (κ2) is 12.4. The van der Waals surface area contributed by atoms with Crippen LogP contribution in [0.5, 0.6) is 0 Å². The molecule has 5 nitrogen and oxygen atoms in total. The number of hydrogen-bond donors (Lipinski definition) is 1. The minimum atomic E-state index is -0.727. The van der Waals surface area contributed by atoms with Crippen molar-refractivity contribution in [2.45, 2.75) is 25.4 Å². The fraction of sp³-hybridized carbons (Fsp3) is 0.259. The second-order valence-electron chi connectivity index (χ2n) is 7.62. The Morgan fingerprint density at radius 1 is 0.844 bits per heavy atom. The first-order valence-electron chi connectivity index (χ1n) is 10.9. The van der Waals surface area contributed by atoms with Gasteiger partial charge in [0.25, 0.3) is 0 Å². The Labute approximate surface area is 190 Å². The smallest absolute Gasteiger partial charge is 0.247 e. The first-order valence-corrected chi connectivity index (χ1v) is 10.9. The van der Waals surface area contributed by atoms with E-state index in [1.165, 1.54) is 0 Å². The van der Waals surface area contributed by atoms with E-state index in [1.54, 1.807) is 12.0 Å². The maximum Gasteiger partial charge on any atom is 0.247 e. The Morgan fingerprint density at radius 3 is 2.00 bits per heavy atom. The number of carbonyl (C=O) groups is 2. The summed E-state index contributed by atoms with van der Waals surface area (Å²) in [6.45, 7) is 1.40. The van der Waals surface area contributed by atoms with Crippen molar-refractivity contribution in [2.75, 3.05) is 20.3 Å². The second-order valence-corrected chi connectivity index (χ2v) is 7.62. The van der Waals surface area contributed by atoms with Crippen molar-refractivity contribution in [1.82, 2.24) is 10.2 Å². The van der Waals surface area contributed by atoms with Crippen molar-refractivity contribution in [3.05, 3.63) is 108 Å². The normalized spacial score (nSPS) is 11.5. The zero-order valence-electron chi connectivity index (χ0n) is 18.4. The number of nitrogens with one attached hydrogen (secondary N) is 1. The summed E-state index contributed by atoms with van der Waals surface area (Å²) in [7, 11) is 1.64. The number of benzene rings is 3. The summed E-state index contributed by atoms with van der Waals surface area (Å²) in [5, 5.41) is 2.99. The molecule has 1 unspecified atom stereocenters. The molecule has 0 bridgehead atoms. The van der Waals surface area contributed by atoms with Crippen LogP contribution < -0.4 is 5.32 Å². The van der Waals surface area contributed by atoms with Gasteiger partial charge in [0.2, 0.25) is 11.8 Å². The number of carbonyl (C=O) groups excluding carboxylic acids is 2. The number of ether oxygens (including phenoxy) is 1. The van der Waals surface area contributed by atoms with Gasteiger partial charge in [-0.25, -0.2) is 0 Å². The van der Waals surface area contributed by atoms with Gasteiger partial charge >= 0.3 is 0 Å². The van der Waals surface area contributed by atoms with Crippen LogP contribution in [0.15, 0.2) is 91.0 Å². The first-order chi connectivity index (χ1) is 15.7. The lowest BCUT2D eigenvalue weighted by atomic mass is 10.0. The monoisotopic (exact) mass is 430 g/mol. The van der Waals surface area contributed by atoms with Gasteiger partial charge in [-0.2, -0.15) is 0 Å². The van der Waals surface area contributed by atoms with Crippen LogP contribution in [0.2, 0.25) is 0 Å². The average molecular weight is 431 g/mol. The molecule has 0 radical (unpaired) electrons. The molecule has 3 rings (SSSR count).